The summed E-state index contributed by atoms with van der Waals surface area (Å²) in [5, 5.41) is 21.4. The van der Waals surface area contributed by atoms with Crippen LogP contribution in [0.25, 0.3) is 0 Å². The number of nitrogens with two attached hydrogens (primary N) is 3. The van der Waals surface area contributed by atoms with Gasteiger partial charge in [0.1, 0.15) is 30.2 Å². The maximum absolute atomic E-state index is 14.3. The number of hydrogen-bond donors (Lipinski definition) is 9. The summed E-state index contributed by atoms with van der Waals surface area (Å²) in [6.45, 7) is 9.36. The molecule has 1 aliphatic rings. The van der Waals surface area contributed by atoms with Crippen molar-refractivity contribution in [2.75, 3.05) is 26.7 Å². The number of carbonyl (C=O) groups excluding carboxylic acids is 7. The molecule has 7 atom stereocenters. The van der Waals surface area contributed by atoms with Crippen molar-refractivity contribution in [1.82, 2.24) is 36.4 Å². The van der Waals surface area contributed by atoms with Crippen LogP contribution in [0, 0.1) is 17.2 Å². The van der Waals surface area contributed by atoms with Gasteiger partial charge in [-0.15, -0.1) is 0 Å². The maximum Gasteiger partial charge on any atom is 0.252 e. The molecule has 12 N–H and O–H groups in total. The molecule has 18 heteroatoms. The van der Waals surface area contributed by atoms with E-state index in [4.69, 9.17) is 22.6 Å². The smallest absolute Gasteiger partial charge is 0.252 e. The molecule has 0 spiro atoms. The van der Waals surface area contributed by atoms with Crippen molar-refractivity contribution in [2.45, 2.75) is 160 Å². The summed E-state index contributed by atoms with van der Waals surface area (Å²) in [5.41, 5.74) is 18.6. The first-order valence-corrected chi connectivity index (χ1v) is 22.6. The summed E-state index contributed by atoms with van der Waals surface area (Å²) in [4.78, 5) is 96.9. The first-order valence-electron chi connectivity index (χ1n) is 22.6. The van der Waals surface area contributed by atoms with Gasteiger partial charge < -0.3 is 48.7 Å². The molecule has 1 aliphatic carbocycles. The van der Waals surface area contributed by atoms with Gasteiger partial charge in [0.05, 0.1) is 12.1 Å². The quantitative estimate of drug-likeness (QED) is 0.0325. The third-order valence-electron chi connectivity index (χ3n) is 11.5. The lowest BCUT2D eigenvalue weighted by Crippen LogP contribution is -2.60. The number of benzene rings is 1. The minimum atomic E-state index is -1.32. The lowest BCUT2D eigenvalue weighted by atomic mass is 9.84. The molecular formula is C45H76N11O7. The highest BCUT2D eigenvalue weighted by Crippen LogP contribution is 2.28. The summed E-state index contributed by atoms with van der Waals surface area (Å²) < 4.78 is 0. The Morgan fingerprint density at radius 2 is 1.41 bits per heavy atom. The number of amides is 6. The van der Waals surface area contributed by atoms with Crippen molar-refractivity contribution >= 4 is 47.7 Å². The summed E-state index contributed by atoms with van der Waals surface area (Å²) in [5.74, 6) is -4.00. The van der Waals surface area contributed by atoms with Crippen LogP contribution in [0.15, 0.2) is 30.3 Å². The van der Waals surface area contributed by atoms with Crippen molar-refractivity contribution in [2.24, 2.45) is 29.0 Å². The molecule has 1 aromatic rings. The number of imide groups is 1. The first-order chi connectivity index (χ1) is 29.9. The van der Waals surface area contributed by atoms with Crippen molar-refractivity contribution < 1.29 is 33.6 Å². The Hall–Kier alpha value is -4.94. The zero-order valence-electron chi connectivity index (χ0n) is 38.4. The van der Waals surface area contributed by atoms with Gasteiger partial charge in [-0.05, 0) is 96.2 Å². The molecule has 0 aromatic heterocycles. The molecule has 0 saturated heterocycles. The normalized spacial score (nSPS) is 16.3. The van der Waals surface area contributed by atoms with Gasteiger partial charge in [0.15, 0.2) is 5.96 Å². The molecular weight excluding hydrogens is 807 g/mol. The topological polar surface area (TPSA) is 288 Å². The molecule has 0 bridgehead atoms. The molecule has 0 aliphatic heterocycles. The standard InChI is InChI=1S/C45H76N11O7/c1-29(2)26-38(54-40(59)31(4)52-39(58)30(3)53-41(60)37(21-13-14-23-46)50-25-22-33-16-9-7-10-17-33)44(63)55(6)32(5)42(61)56(35(28-57)20-15-24-51-45(48)49)43(62)36(47)27-34-18-11-8-12-19-34/h7,9-10,16-17,29-32,34-38,50H,8,11-15,18-27,46-47H2,1-6H3,(H,52,58)(H,53,60)(H,54,59)(H4,48,49,51)/t30-,31-,32-,35-,36-,37-,38-/m0/s1. The van der Waals surface area contributed by atoms with E-state index in [0.717, 1.165) is 53.9 Å². The number of unbranched alkanes of at least 4 members (excludes halogenated alkanes) is 1. The molecule has 2 rings (SSSR count). The van der Waals surface area contributed by atoms with Gasteiger partial charge in [-0.3, -0.25) is 43.9 Å². The minimum absolute atomic E-state index is 0.0146. The number of nitrogens with zero attached hydrogens (tertiary/aromatic N) is 2. The Kier molecular flexibility index (Phi) is 24.7. The second-order valence-corrected chi connectivity index (χ2v) is 17.3. The van der Waals surface area contributed by atoms with Crippen molar-refractivity contribution in [3.05, 3.63) is 35.9 Å². The van der Waals surface area contributed by atoms with Crippen LogP contribution in [0.2, 0.25) is 0 Å². The average Bonchev–Trinajstić information content (AvgIpc) is 3.25. The second-order valence-electron chi connectivity index (χ2n) is 17.3. The summed E-state index contributed by atoms with van der Waals surface area (Å²) in [6, 6.07) is 2.40. The van der Waals surface area contributed by atoms with E-state index in [1.54, 1.807) is 0 Å². The van der Waals surface area contributed by atoms with Crippen LogP contribution >= 0.6 is 0 Å². The average molecular weight is 883 g/mol. The number of rotatable bonds is 28. The molecule has 63 heavy (non-hydrogen) atoms. The first kappa shape index (κ1) is 54.2. The van der Waals surface area contributed by atoms with Crippen molar-refractivity contribution in [3.63, 3.8) is 0 Å². The van der Waals surface area contributed by atoms with E-state index >= 15 is 0 Å². The van der Waals surface area contributed by atoms with Crippen molar-refractivity contribution in [3.8, 4) is 0 Å². The molecule has 1 fully saturated rings. The van der Waals surface area contributed by atoms with Crippen LogP contribution in [0.1, 0.15) is 117 Å². The highest BCUT2D eigenvalue weighted by molar-refractivity contribution is 6.03. The molecule has 18 nitrogen and oxygen atoms in total. The van der Waals surface area contributed by atoms with Gasteiger partial charge in [-0.1, -0.05) is 82.7 Å². The molecule has 0 unspecified atom stereocenters. The predicted octanol–water partition coefficient (Wildman–Crippen LogP) is 1.10. The Morgan fingerprint density at radius 1 is 0.794 bits per heavy atom. The van der Waals surface area contributed by atoms with E-state index in [9.17, 15) is 33.6 Å². The van der Waals surface area contributed by atoms with Crippen LogP contribution in [-0.2, 0) is 40.0 Å². The van der Waals surface area contributed by atoms with E-state index in [-0.39, 0.29) is 49.5 Å². The fourth-order valence-corrected chi connectivity index (χ4v) is 7.67. The van der Waals surface area contributed by atoms with Crippen LogP contribution in [-0.4, -0.2) is 126 Å². The summed E-state index contributed by atoms with van der Waals surface area (Å²) in [7, 11) is 1.38. The Balaban J connectivity index is 2.16. The highest BCUT2D eigenvalue weighted by Gasteiger charge is 2.40. The zero-order chi connectivity index (χ0) is 47.1. The second kappa shape index (κ2) is 28.7. The molecule has 1 radical (unpaired) electrons. The number of guanidine groups is 1. The highest BCUT2D eigenvalue weighted by atomic mass is 16.2. The monoisotopic (exact) mass is 883 g/mol. The Bertz CT molecular complexity index is 1630. The maximum atomic E-state index is 14.3. The van der Waals surface area contributed by atoms with Gasteiger partial charge in [-0.25, -0.2) is 0 Å². The van der Waals surface area contributed by atoms with Gasteiger partial charge in [0, 0.05) is 13.6 Å². The van der Waals surface area contributed by atoms with Crippen molar-refractivity contribution in [1.29, 1.82) is 5.41 Å². The van der Waals surface area contributed by atoms with Crippen LogP contribution in [0.3, 0.4) is 0 Å². The third-order valence-corrected chi connectivity index (χ3v) is 11.5. The predicted molar refractivity (Wildman–Crippen MR) is 243 cm³/mol. The van der Waals surface area contributed by atoms with E-state index < -0.39 is 71.8 Å². The Morgan fingerprint density at radius 3 is 2.00 bits per heavy atom. The molecule has 0 heterocycles. The number of nitrogens with one attached hydrogen (secondary N) is 6. The SMILES string of the molecule is CC(C)C[C@H](NC(=O)[C@H](C)NC(=O)[C@H](C)NC(=O)[C@H](CCCCN)NCCc1ccccc1)C(=O)N(C)[C@@H](C)C(=O)N(C(=O)[C@@H](N)CC1CCCCC1)[C@H]([C]=O)CCCNC(=N)N. The minimum Gasteiger partial charge on any atom is -0.370 e. The van der Waals surface area contributed by atoms with E-state index in [0.29, 0.717) is 38.8 Å². The van der Waals surface area contributed by atoms with E-state index in [1.807, 2.05) is 50.5 Å². The summed E-state index contributed by atoms with van der Waals surface area (Å²) >= 11 is 0. The molecule has 6 amide bonds. The summed E-state index contributed by atoms with van der Waals surface area (Å²) in [6.07, 6.45) is 10.3. The zero-order valence-corrected chi connectivity index (χ0v) is 38.4. The van der Waals surface area contributed by atoms with Gasteiger partial charge in [0.25, 0.3) is 5.91 Å². The fourth-order valence-electron chi connectivity index (χ4n) is 7.67. The van der Waals surface area contributed by atoms with E-state index in [1.165, 1.54) is 27.8 Å². The van der Waals surface area contributed by atoms with Crippen LogP contribution in [0.4, 0.5) is 0 Å². The number of hydrogen-bond acceptors (Lipinski definition) is 11. The van der Waals surface area contributed by atoms with Crippen LogP contribution in [0.5, 0.6) is 0 Å². The van der Waals surface area contributed by atoms with Gasteiger partial charge >= 0.3 is 0 Å². The van der Waals surface area contributed by atoms with Gasteiger partial charge in [0.2, 0.25) is 35.8 Å². The molecule has 353 valence electrons. The van der Waals surface area contributed by atoms with Gasteiger partial charge in [-0.2, -0.15) is 0 Å². The molecule has 1 saturated carbocycles. The number of likely N-dealkylation sites (N-methyl/N-ethyl adjacent to an activating group) is 1. The largest absolute Gasteiger partial charge is 0.370 e. The Labute approximate surface area is 374 Å². The lowest BCUT2D eigenvalue weighted by molar-refractivity contribution is -0.154. The van der Waals surface area contributed by atoms with Crippen LogP contribution < -0.4 is 43.8 Å². The lowest BCUT2D eigenvalue weighted by Gasteiger charge is -2.35. The number of carbonyl (C=O) groups is 6. The third kappa shape index (κ3) is 19.1. The van der Waals surface area contributed by atoms with E-state index in [2.05, 4.69) is 26.6 Å². The molecule has 1 aromatic carbocycles. The fraction of sp³-hybridized carbons (Fsp3) is 0.689.